The Balaban J connectivity index is 1.72. The monoisotopic (exact) mass is 341 g/mol. The van der Waals surface area contributed by atoms with E-state index in [4.69, 9.17) is 11.6 Å². The van der Waals surface area contributed by atoms with E-state index in [0.717, 1.165) is 35.8 Å². The van der Waals surface area contributed by atoms with E-state index in [0.29, 0.717) is 13.0 Å². The molecule has 1 amide bonds. The van der Waals surface area contributed by atoms with Crippen molar-refractivity contribution in [1.29, 1.82) is 0 Å². The standard InChI is InChI=1S/C17H24ClNO2S/c1-13(10-14-2-4-15(18)5-3-14)11-16(20)19-12-17(21)6-8-22-9-7-17/h2-5,13,21H,6-12H2,1H3,(H,19,20). The van der Waals surface area contributed by atoms with E-state index in [9.17, 15) is 9.90 Å². The van der Waals surface area contributed by atoms with E-state index >= 15 is 0 Å². The van der Waals surface area contributed by atoms with Crippen LogP contribution >= 0.6 is 23.4 Å². The van der Waals surface area contributed by atoms with Crippen LogP contribution in [0.4, 0.5) is 0 Å². The third-order valence-corrected chi connectivity index (χ3v) is 5.31. The molecule has 22 heavy (non-hydrogen) atoms. The van der Waals surface area contributed by atoms with Gasteiger partial charge in [0.1, 0.15) is 0 Å². The maximum Gasteiger partial charge on any atom is 0.220 e. The van der Waals surface area contributed by atoms with Crippen molar-refractivity contribution < 1.29 is 9.90 Å². The van der Waals surface area contributed by atoms with Gasteiger partial charge < -0.3 is 10.4 Å². The topological polar surface area (TPSA) is 49.3 Å². The normalized spacial score (nSPS) is 18.7. The molecule has 1 fully saturated rings. The van der Waals surface area contributed by atoms with Gasteiger partial charge in [0.2, 0.25) is 5.91 Å². The molecule has 1 saturated heterocycles. The molecule has 1 aromatic rings. The van der Waals surface area contributed by atoms with Gasteiger partial charge in [-0.05, 0) is 54.4 Å². The number of thioether (sulfide) groups is 1. The Kier molecular flexibility index (Phi) is 6.60. The number of hydrogen-bond acceptors (Lipinski definition) is 3. The average Bonchev–Trinajstić information content (AvgIpc) is 2.48. The number of amides is 1. The molecule has 1 aromatic carbocycles. The van der Waals surface area contributed by atoms with Crippen molar-refractivity contribution in [2.45, 2.75) is 38.2 Å². The minimum Gasteiger partial charge on any atom is -0.388 e. The molecule has 2 N–H and O–H groups in total. The van der Waals surface area contributed by atoms with Gasteiger partial charge in [0.05, 0.1) is 5.60 Å². The van der Waals surface area contributed by atoms with Crippen molar-refractivity contribution in [3.63, 3.8) is 0 Å². The van der Waals surface area contributed by atoms with E-state index < -0.39 is 5.60 Å². The molecule has 1 aliphatic heterocycles. The Morgan fingerprint density at radius 3 is 2.64 bits per heavy atom. The molecule has 3 nitrogen and oxygen atoms in total. The Morgan fingerprint density at radius 2 is 2.00 bits per heavy atom. The van der Waals surface area contributed by atoms with Crippen LogP contribution in [0.25, 0.3) is 0 Å². The first kappa shape index (κ1) is 17.6. The Labute approximate surface area is 141 Å². The van der Waals surface area contributed by atoms with Crippen LogP contribution in [0.5, 0.6) is 0 Å². The molecule has 1 atom stereocenters. The van der Waals surface area contributed by atoms with Crippen LogP contribution in [0, 0.1) is 5.92 Å². The second-order valence-corrected chi connectivity index (χ2v) is 7.91. The van der Waals surface area contributed by atoms with Gasteiger partial charge in [-0.3, -0.25) is 4.79 Å². The second-order valence-electron chi connectivity index (χ2n) is 6.25. The zero-order valence-electron chi connectivity index (χ0n) is 13.0. The van der Waals surface area contributed by atoms with E-state index in [1.807, 2.05) is 36.0 Å². The second kappa shape index (κ2) is 8.23. The van der Waals surface area contributed by atoms with Gasteiger partial charge in [0.15, 0.2) is 0 Å². The zero-order chi connectivity index (χ0) is 16.0. The zero-order valence-corrected chi connectivity index (χ0v) is 14.6. The summed E-state index contributed by atoms with van der Waals surface area (Å²) in [5.41, 5.74) is 0.480. The first-order valence-corrected chi connectivity index (χ1v) is 9.31. The fourth-order valence-electron chi connectivity index (χ4n) is 2.67. The molecular weight excluding hydrogens is 318 g/mol. The fraction of sp³-hybridized carbons (Fsp3) is 0.588. The summed E-state index contributed by atoms with van der Waals surface area (Å²) in [4.78, 5) is 12.0. The molecular formula is C17H24ClNO2S. The predicted molar refractivity (Wildman–Crippen MR) is 93.5 cm³/mol. The summed E-state index contributed by atoms with van der Waals surface area (Å²) in [5.74, 6) is 2.23. The number of rotatable bonds is 6. The van der Waals surface area contributed by atoms with Gasteiger partial charge in [0, 0.05) is 18.0 Å². The molecule has 0 aliphatic carbocycles. The van der Waals surface area contributed by atoms with Gasteiger partial charge >= 0.3 is 0 Å². The average molecular weight is 342 g/mol. The number of benzene rings is 1. The molecule has 0 bridgehead atoms. The molecule has 1 aliphatic rings. The lowest BCUT2D eigenvalue weighted by atomic mass is 9.95. The summed E-state index contributed by atoms with van der Waals surface area (Å²) >= 11 is 7.73. The molecule has 2 rings (SSSR count). The molecule has 122 valence electrons. The highest BCUT2D eigenvalue weighted by Gasteiger charge is 2.29. The maximum absolute atomic E-state index is 12.0. The molecule has 0 aromatic heterocycles. The van der Waals surface area contributed by atoms with Crippen LogP contribution in [0.2, 0.25) is 5.02 Å². The first-order valence-electron chi connectivity index (χ1n) is 7.78. The van der Waals surface area contributed by atoms with Crippen LogP contribution in [-0.2, 0) is 11.2 Å². The van der Waals surface area contributed by atoms with E-state index in [2.05, 4.69) is 12.2 Å². The van der Waals surface area contributed by atoms with Crippen molar-refractivity contribution in [2.75, 3.05) is 18.1 Å². The molecule has 0 radical (unpaired) electrons. The summed E-state index contributed by atoms with van der Waals surface area (Å²) in [7, 11) is 0. The lowest BCUT2D eigenvalue weighted by Crippen LogP contribution is -2.45. The van der Waals surface area contributed by atoms with Crippen molar-refractivity contribution >= 4 is 29.3 Å². The number of carbonyl (C=O) groups excluding carboxylic acids is 1. The summed E-state index contributed by atoms with van der Waals surface area (Å²) in [6, 6.07) is 7.75. The van der Waals surface area contributed by atoms with Gasteiger partial charge in [-0.2, -0.15) is 11.8 Å². The van der Waals surface area contributed by atoms with Crippen LogP contribution in [0.15, 0.2) is 24.3 Å². The number of aliphatic hydroxyl groups is 1. The summed E-state index contributed by atoms with van der Waals surface area (Å²) in [5, 5.41) is 14.0. The highest BCUT2D eigenvalue weighted by Crippen LogP contribution is 2.26. The Bertz CT molecular complexity index is 486. The smallest absolute Gasteiger partial charge is 0.220 e. The highest BCUT2D eigenvalue weighted by atomic mass is 35.5. The van der Waals surface area contributed by atoms with E-state index in [-0.39, 0.29) is 11.8 Å². The van der Waals surface area contributed by atoms with Crippen LogP contribution < -0.4 is 5.32 Å². The van der Waals surface area contributed by atoms with E-state index in [1.165, 1.54) is 5.56 Å². The molecule has 0 spiro atoms. The first-order chi connectivity index (χ1) is 10.5. The third-order valence-electron chi connectivity index (χ3n) is 4.07. The summed E-state index contributed by atoms with van der Waals surface area (Å²) in [6.45, 7) is 2.44. The fourth-order valence-corrected chi connectivity index (χ4v) is 4.05. The number of nitrogens with one attached hydrogen (secondary N) is 1. The minimum absolute atomic E-state index is 0.0214. The third kappa shape index (κ3) is 5.82. The van der Waals surface area contributed by atoms with Crippen LogP contribution in [0.1, 0.15) is 31.7 Å². The van der Waals surface area contributed by atoms with Gasteiger partial charge in [-0.25, -0.2) is 0 Å². The number of hydrogen-bond donors (Lipinski definition) is 2. The van der Waals surface area contributed by atoms with Crippen LogP contribution in [-0.4, -0.2) is 34.7 Å². The van der Waals surface area contributed by atoms with Gasteiger partial charge in [-0.1, -0.05) is 30.7 Å². The largest absolute Gasteiger partial charge is 0.388 e. The predicted octanol–water partition coefficient (Wildman–Crippen LogP) is 3.28. The molecule has 1 unspecified atom stereocenters. The lowest BCUT2D eigenvalue weighted by Gasteiger charge is -2.31. The highest BCUT2D eigenvalue weighted by molar-refractivity contribution is 7.99. The number of carbonyl (C=O) groups is 1. The van der Waals surface area contributed by atoms with E-state index in [1.54, 1.807) is 0 Å². The SMILES string of the molecule is CC(CC(=O)NCC1(O)CCSCC1)Cc1ccc(Cl)cc1. The minimum atomic E-state index is -0.708. The molecule has 0 saturated carbocycles. The Hall–Kier alpha value is -0.710. The van der Waals surface area contributed by atoms with Crippen molar-refractivity contribution in [2.24, 2.45) is 5.92 Å². The summed E-state index contributed by atoms with van der Waals surface area (Å²) < 4.78 is 0. The Morgan fingerprint density at radius 1 is 1.36 bits per heavy atom. The molecule has 1 heterocycles. The van der Waals surface area contributed by atoms with Crippen molar-refractivity contribution in [3.05, 3.63) is 34.9 Å². The van der Waals surface area contributed by atoms with Gasteiger partial charge in [0.25, 0.3) is 0 Å². The maximum atomic E-state index is 12.0. The van der Waals surface area contributed by atoms with Crippen molar-refractivity contribution in [3.8, 4) is 0 Å². The van der Waals surface area contributed by atoms with Crippen molar-refractivity contribution in [1.82, 2.24) is 5.32 Å². The quantitative estimate of drug-likeness (QED) is 0.834. The van der Waals surface area contributed by atoms with Gasteiger partial charge in [-0.15, -0.1) is 0 Å². The number of halogens is 1. The lowest BCUT2D eigenvalue weighted by molar-refractivity contribution is -0.123. The van der Waals surface area contributed by atoms with Crippen LogP contribution in [0.3, 0.4) is 0 Å². The summed E-state index contributed by atoms with van der Waals surface area (Å²) in [6.07, 6.45) is 2.86. The molecule has 5 heteroatoms.